The smallest absolute Gasteiger partial charge is 0.345 e. The molecule has 1 saturated heterocycles. The standard InChI is InChI=1S/C20H21N3O5/c1-14-5-4-6-17(19(14)23(26)27)20(25)28-13-18(24)21-15-7-9-16(10-8-15)22-11-2-3-12-22/h4-10H,2-3,11-13H2,1H3,(H,21,24). The van der Waals surface area contributed by atoms with Crippen molar-refractivity contribution in [3.63, 3.8) is 0 Å². The van der Waals surface area contributed by atoms with Gasteiger partial charge in [0.15, 0.2) is 6.61 Å². The molecule has 0 bridgehead atoms. The van der Waals surface area contributed by atoms with E-state index in [0.29, 0.717) is 11.3 Å². The number of anilines is 2. The second kappa shape index (κ2) is 8.51. The van der Waals surface area contributed by atoms with Crippen LogP contribution in [0.15, 0.2) is 42.5 Å². The zero-order chi connectivity index (χ0) is 20.1. The molecular formula is C20H21N3O5. The Labute approximate surface area is 162 Å². The third kappa shape index (κ3) is 4.46. The number of para-hydroxylation sites is 1. The number of carbonyl (C=O) groups excluding carboxylic acids is 2. The van der Waals surface area contributed by atoms with E-state index in [9.17, 15) is 19.7 Å². The summed E-state index contributed by atoms with van der Waals surface area (Å²) in [5.41, 5.74) is 1.55. The summed E-state index contributed by atoms with van der Waals surface area (Å²) in [6.07, 6.45) is 2.37. The molecule has 1 heterocycles. The number of nitrogens with one attached hydrogen (secondary N) is 1. The van der Waals surface area contributed by atoms with E-state index in [-0.39, 0.29) is 11.3 Å². The normalized spacial score (nSPS) is 13.2. The van der Waals surface area contributed by atoms with E-state index >= 15 is 0 Å². The molecule has 0 saturated carbocycles. The zero-order valence-corrected chi connectivity index (χ0v) is 15.5. The maximum atomic E-state index is 12.2. The molecule has 2 aromatic rings. The number of amides is 1. The van der Waals surface area contributed by atoms with Crippen molar-refractivity contribution in [2.45, 2.75) is 19.8 Å². The molecule has 0 radical (unpaired) electrons. The molecule has 1 aliphatic heterocycles. The van der Waals surface area contributed by atoms with Gasteiger partial charge in [0, 0.05) is 30.0 Å². The Morgan fingerprint density at radius 1 is 1.14 bits per heavy atom. The SMILES string of the molecule is Cc1cccc(C(=O)OCC(=O)Nc2ccc(N3CCCC3)cc2)c1[N+](=O)[O-]. The van der Waals surface area contributed by atoms with E-state index in [1.807, 2.05) is 12.1 Å². The number of rotatable bonds is 6. The van der Waals surface area contributed by atoms with Crippen molar-refractivity contribution in [2.24, 2.45) is 0 Å². The monoisotopic (exact) mass is 383 g/mol. The lowest BCUT2D eigenvalue weighted by molar-refractivity contribution is -0.385. The highest BCUT2D eigenvalue weighted by atomic mass is 16.6. The third-order valence-corrected chi connectivity index (χ3v) is 4.60. The average Bonchev–Trinajstić information content (AvgIpc) is 3.21. The Balaban J connectivity index is 1.56. The quantitative estimate of drug-likeness (QED) is 0.466. The Morgan fingerprint density at radius 2 is 1.82 bits per heavy atom. The van der Waals surface area contributed by atoms with Crippen LogP contribution in [-0.2, 0) is 9.53 Å². The fourth-order valence-corrected chi connectivity index (χ4v) is 3.20. The summed E-state index contributed by atoms with van der Waals surface area (Å²) < 4.78 is 4.95. The van der Waals surface area contributed by atoms with Crippen LogP contribution >= 0.6 is 0 Å². The molecule has 0 unspecified atom stereocenters. The molecule has 3 rings (SSSR count). The summed E-state index contributed by atoms with van der Waals surface area (Å²) >= 11 is 0. The molecule has 2 aromatic carbocycles. The van der Waals surface area contributed by atoms with Crippen LogP contribution in [0.1, 0.15) is 28.8 Å². The first kappa shape index (κ1) is 19.3. The van der Waals surface area contributed by atoms with Gasteiger partial charge < -0.3 is 15.0 Å². The summed E-state index contributed by atoms with van der Waals surface area (Å²) in [4.78, 5) is 37.0. The molecule has 8 heteroatoms. The van der Waals surface area contributed by atoms with Crippen LogP contribution in [0, 0.1) is 17.0 Å². The number of nitrogens with zero attached hydrogens (tertiary/aromatic N) is 2. The van der Waals surface area contributed by atoms with Gasteiger partial charge >= 0.3 is 5.97 Å². The maximum Gasteiger partial charge on any atom is 0.345 e. The largest absolute Gasteiger partial charge is 0.452 e. The molecule has 146 valence electrons. The van der Waals surface area contributed by atoms with Gasteiger partial charge in [-0.2, -0.15) is 0 Å². The molecule has 0 aromatic heterocycles. The van der Waals surface area contributed by atoms with Crippen molar-refractivity contribution in [1.82, 2.24) is 0 Å². The molecule has 1 fully saturated rings. The first-order valence-electron chi connectivity index (χ1n) is 9.01. The molecule has 1 N–H and O–H groups in total. The third-order valence-electron chi connectivity index (χ3n) is 4.60. The van der Waals surface area contributed by atoms with Crippen molar-refractivity contribution in [2.75, 3.05) is 29.9 Å². The van der Waals surface area contributed by atoms with Crippen molar-refractivity contribution in [1.29, 1.82) is 0 Å². The van der Waals surface area contributed by atoms with Gasteiger partial charge in [-0.05, 0) is 50.1 Å². The maximum absolute atomic E-state index is 12.2. The van der Waals surface area contributed by atoms with E-state index in [0.717, 1.165) is 18.8 Å². The summed E-state index contributed by atoms with van der Waals surface area (Å²) in [6, 6.07) is 11.8. The van der Waals surface area contributed by atoms with E-state index in [2.05, 4.69) is 10.2 Å². The van der Waals surface area contributed by atoms with Crippen molar-refractivity contribution >= 4 is 28.9 Å². The predicted octanol–water partition coefficient (Wildman–Crippen LogP) is 3.30. The van der Waals surface area contributed by atoms with Crippen LogP contribution in [0.4, 0.5) is 17.1 Å². The Bertz CT molecular complexity index is 889. The average molecular weight is 383 g/mol. The van der Waals surface area contributed by atoms with Gasteiger partial charge in [0.2, 0.25) is 0 Å². The van der Waals surface area contributed by atoms with Gasteiger partial charge in [0.1, 0.15) is 5.56 Å². The number of carbonyl (C=O) groups is 2. The van der Waals surface area contributed by atoms with Crippen molar-refractivity contribution < 1.29 is 19.2 Å². The molecule has 8 nitrogen and oxygen atoms in total. The van der Waals surface area contributed by atoms with Crippen LogP contribution in [0.2, 0.25) is 0 Å². The fraction of sp³-hybridized carbons (Fsp3) is 0.300. The molecule has 0 spiro atoms. The summed E-state index contributed by atoms with van der Waals surface area (Å²) in [5, 5.41) is 13.8. The first-order chi connectivity index (χ1) is 13.5. The van der Waals surface area contributed by atoms with Gasteiger partial charge in [0.25, 0.3) is 11.6 Å². The number of esters is 1. The molecule has 0 atom stereocenters. The highest BCUT2D eigenvalue weighted by Crippen LogP contribution is 2.24. The van der Waals surface area contributed by atoms with Crippen LogP contribution in [0.3, 0.4) is 0 Å². The fourth-order valence-electron chi connectivity index (χ4n) is 3.20. The first-order valence-corrected chi connectivity index (χ1v) is 9.01. The topological polar surface area (TPSA) is 102 Å². The van der Waals surface area contributed by atoms with Gasteiger partial charge in [-0.25, -0.2) is 4.79 Å². The Hall–Kier alpha value is -3.42. The van der Waals surface area contributed by atoms with Crippen LogP contribution in [-0.4, -0.2) is 36.5 Å². The van der Waals surface area contributed by atoms with E-state index in [4.69, 9.17) is 4.74 Å². The van der Waals surface area contributed by atoms with Crippen LogP contribution in [0.25, 0.3) is 0 Å². The lowest BCUT2D eigenvalue weighted by Crippen LogP contribution is -2.21. The number of benzene rings is 2. The van der Waals surface area contributed by atoms with E-state index < -0.39 is 23.4 Å². The lowest BCUT2D eigenvalue weighted by atomic mass is 10.1. The predicted molar refractivity (Wildman–Crippen MR) is 105 cm³/mol. The van der Waals surface area contributed by atoms with E-state index in [1.54, 1.807) is 12.1 Å². The number of aryl methyl sites for hydroxylation is 1. The molecule has 28 heavy (non-hydrogen) atoms. The molecule has 1 amide bonds. The number of hydrogen-bond donors (Lipinski definition) is 1. The minimum absolute atomic E-state index is 0.173. The summed E-state index contributed by atoms with van der Waals surface area (Å²) in [7, 11) is 0. The number of ether oxygens (including phenoxy) is 1. The molecular weight excluding hydrogens is 362 g/mol. The number of nitro benzene ring substituents is 1. The minimum Gasteiger partial charge on any atom is -0.452 e. The van der Waals surface area contributed by atoms with Crippen LogP contribution in [0.5, 0.6) is 0 Å². The highest BCUT2D eigenvalue weighted by molar-refractivity contribution is 5.97. The van der Waals surface area contributed by atoms with Crippen molar-refractivity contribution in [3.8, 4) is 0 Å². The Kier molecular flexibility index (Phi) is 5.88. The minimum atomic E-state index is -0.907. The van der Waals surface area contributed by atoms with Gasteiger partial charge in [-0.15, -0.1) is 0 Å². The van der Waals surface area contributed by atoms with Gasteiger partial charge in [-0.1, -0.05) is 12.1 Å². The second-order valence-electron chi connectivity index (χ2n) is 6.59. The summed E-state index contributed by atoms with van der Waals surface area (Å²) in [5.74, 6) is -1.42. The van der Waals surface area contributed by atoms with E-state index in [1.165, 1.54) is 38.0 Å². The number of nitro groups is 1. The zero-order valence-electron chi connectivity index (χ0n) is 15.5. The molecule has 0 aliphatic carbocycles. The highest BCUT2D eigenvalue weighted by Gasteiger charge is 2.24. The number of hydrogen-bond acceptors (Lipinski definition) is 6. The summed E-state index contributed by atoms with van der Waals surface area (Å²) in [6.45, 7) is 3.07. The van der Waals surface area contributed by atoms with Gasteiger partial charge in [-0.3, -0.25) is 14.9 Å². The Morgan fingerprint density at radius 3 is 2.46 bits per heavy atom. The lowest BCUT2D eigenvalue weighted by Gasteiger charge is -2.17. The molecule has 1 aliphatic rings. The second-order valence-corrected chi connectivity index (χ2v) is 6.59. The van der Waals surface area contributed by atoms with Crippen LogP contribution < -0.4 is 10.2 Å². The van der Waals surface area contributed by atoms with Gasteiger partial charge in [0.05, 0.1) is 4.92 Å². The van der Waals surface area contributed by atoms with Crippen molar-refractivity contribution in [3.05, 3.63) is 63.7 Å².